The molecule has 1 aromatic heterocycles. The maximum atomic E-state index is 11.6. The molecule has 1 aromatic rings. The minimum absolute atomic E-state index is 0.0528. The first kappa shape index (κ1) is 14.3. The van der Waals surface area contributed by atoms with Crippen molar-refractivity contribution in [2.45, 2.75) is 38.0 Å². The van der Waals surface area contributed by atoms with Gasteiger partial charge in [-0.05, 0) is 42.1 Å². The standard InChI is InChI=1S/C13H18BrN3O2S/c1-2-15-13-10(14)11(8-3-4-8)16-12(17-13)9-5-6-20(18,19)7-9/h8-9H,2-7H2,1H3,(H,15,16,17). The van der Waals surface area contributed by atoms with Gasteiger partial charge >= 0.3 is 0 Å². The van der Waals surface area contributed by atoms with Gasteiger partial charge in [0.2, 0.25) is 0 Å². The van der Waals surface area contributed by atoms with E-state index in [1.807, 2.05) is 6.92 Å². The lowest BCUT2D eigenvalue weighted by Crippen LogP contribution is -2.12. The van der Waals surface area contributed by atoms with Gasteiger partial charge in [0.05, 0.1) is 21.7 Å². The van der Waals surface area contributed by atoms with Crippen molar-refractivity contribution in [1.82, 2.24) is 9.97 Å². The van der Waals surface area contributed by atoms with Gasteiger partial charge in [-0.25, -0.2) is 18.4 Å². The van der Waals surface area contributed by atoms with Crippen LogP contribution in [-0.2, 0) is 9.84 Å². The summed E-state index contributed by atoms with van der Waals surface area (Å²) in [6.07, 6.45) is 2.95. The van der Waals surface area contributed by atoms with Gasteiger partial charge in [-0.2, -0.15) is 0 Å². The van der Waals surface area contributed by atoms with Crippen LogP contribution in [0.3, 0.4) is 0 Å². The minimum Gasteiger partial charge on any atom is -0.369 e. The van der Waals surface area contributed by atoms with E-state index in [1.54, 1.807) is 0 Å². The molecule has 7 heteroatoms. The van der Waals surface area contributed by atoms with Gasteiger partial charge < -0.3 is 5.32 Å². The summed E-state index contributed by atoms with van der Waals surface area (Å²) in [6.45, 7) is 2.80. The Morgan fingerprint density at radius 2 is 2.00 bits per heavy atom. The predicted octanol–water partition coefficient (Wildman–Crippen LogP) is 2.45. The zero-order valence-corrected chi connectivity index (χ0v) is 13.8. The Morgan fingerprint density at radius 1 is 1.25 bits per heavy atom. The Balaban J connectivity index is 1.98. The summed E-state index contributed by atoms with van der Waals surface area (Å²) in [7, 11) is -2.91. The van der Waals surface area contributed by atoms with E-state index in [1.165, 1.54) is 0 Å². The van der Waals surface area contributed by atoms with E-state index in [9.17, 15) is 8.42 Å². The summed E-state index contributed by atoms with van der Waals surface area (Å²) >= 11 is 3.58. The Hall–Kier alpha value is -0.690. The van der Waals surface area contributed by atoms with Crippen molar-refractivity contribution in [3.63, 3.8) is 0 Å². The summed E-state index contributed by atoms with van der Waals surface area (Å²) in [6, 6.07) is 0. The highest BCUT2D eigenvalue weighted by atomic mass is 79.9. The number of aromatic nitrogens is 2. The third-order valence-corrected chi connectivity index (χ3v) is 6.35. The molecule has 2 fully saturated rings. The maximum Gasteiger partial charge on any atom is 0.151 e. The lowest BCUT2D eigenvalue weighted by Gasteiger charge is -2.14. The zero-order valence-electron chi connectivity index (χ0n) is 11.4. The van der Waals surface area contributed by atoms with Gasteiger partial charge in [-0.3, -0.25) is 0 Å². The first-order valence-electron chi connectivity index (χ1n) is 7.02. The second-order valence-electron chi connectivity index (χ2n) is 5.53. The van der Waals surface area contributed by atoms with Crippen molar-refractivity contribution in [2.75, 3.05) is 23.4 Å². The van der Waals surface area contributed by atoms with E-state index in [0.29, 0.717) is 18.2 Å². The molecule has 1 atom stereocenters. The summed E-state index contributed by atoms with van der Waals surface area (Å²) in [5.74, 6) is 2.37. The van der Waals surface area contributed by atoms with Crippen molar-refractivity contribution in [3.05, 3.63) is 16.0 Å². The van der Waals surface area contributed by atoms with Crippen LogP contribution in [0.5, 0.6) is 0 Å². The van der Waals surface area contributed by atoms with Crippen LogP contribution in [0.4, 0.5) is 5.82 Å². The lowest BCUT2D eigenvalue weighted by molar-refractivity contribution is 0.601. The third-order valence-electron chi connectivity index (χ3n) is 3.80. The number of rotatable bonds is 4. The molecule has 0 radical (unpaired) electrons. The van der Waals surface area contributed by atoms with E-state index in [4.69, 9.17) is 0 Å². The molecule has 20 heavy (non-hydrogen) atoms. The fourth-order valence-corrected chi connectivity index (χ4v) is 4.96. The molecule has 1 unspecified atom stereocenters. The number of nitrogens with zero attached hydrogens (tertiary/aromatic N) is 2. The second-order valence-corrected chi connectivity index (χ2v) is 8.56. The second kappa shape index (κ2) is 5.26. The van der Waals surface area contributed by atoms with Crippen LogP contribution >= 0.6 is 15.9 Å². The molecule has 3 rings (SSSR count). The largest absolute Gasteiger partial charge is 0.369 e. The van der Waals surface area contributed by atoms with E-state index in [0.717, 1.165) is 35.4 Å². The zero-order chi connectivity index (χ0) is 14.3. The molecule has 5 nitrogen and oxygen atoms in total. The van der Waals surface area contributed by atoms with E-state index in [-0.39, 0.29) is 17.4 Å². The molecule has 110 valence electrons. The number of sulfone groups is 1. The van der Waals surface area contributed by atoms with E-state index in [2.05, 4.69) is 31.2 Å². The topological polar surface area (TPSA) is 72.0 Å². The number of halogens is 1. The summed E-state index contributed by atoms with van der Waals surface area (Å²) in [5.41, 5.74) is 1.04. The van der Waals surface area contributed by atoms with Crippen LogP contribution in [0.25, 0.3) is 0 Å². The van der Waals surface area contributed by atoms with Crippen LogP contribution in [0, 0.1) is 0 Å². The Bertz CT molecular complexity index is 629. The molecular weight excluding hydrogens is 342 g/mol. The number of hydrogen-bond acceptors (Lipinski definition) is 5. The fourth-order valence-electron chi connectivity index (χ4n) is 2.58. The van der Waals surface area contributed by atoms with Crippen LogP contribution in [-0.4, -0.2) is 36.4 Å². The van der Waals surface area contributed by atoms with Gasteiger partial charge in [-0.15, -0.1) is 0 Å². The maximum absolute atomic E-state index is 11.6. The molecule has 2 heterocycles. The number of hydrogen-bond donors (Lipinski definition) is 1. The minimum atomic E-state index is -2.91. The van der Waals surface area contributed by atoms with E-state index >= 15 is 0 Å². The molecule has 1 saturated heterocycles. The highest BCUT2D eigenvalue weighted by Gasteiger charge is 2.34. The van der Waals surface area contributed by atoms with Crippen molar-refractivity contribution >= 4 is 31.6 Å². The van der Waals surface area contributed by atoms with Crippen molar-refractivity contribution in [3.8, 4) is 0 Å². The smallest absolute Gasteiger partial charge is 0.151 e. The summed E-state index contributed by atoms with van der Waals surface area (Å²) < 4.78 is 24.2. The normalized spacial score (nSPS) is 24.8. The molecule has 1 aliphatic heterocycles. The molecular formula is C13H18BrN3O2S. The highest BCUT2D eigenvalue weighted by Crippen LogP contribution is 2.44. The van der Waals surface area contributed by atoms with Gasteiger partial charge in [0, 0.05) is 18.4 Å². The SMILES string of the molecule is CCNc1nc(C2CCS(=O)(=O)C2)nc(C2CC2)c1Br. The quantitative estimate of drug-likeness (QED) is 0.893. The first-order chi connectivity index (χ1) is 9.50. The average Bonchev–Trinajstić information content (AvgIpc) is 3.16. The molecule has 2 aliphatic rings. The molecule has 0 aromatic carbocycles. The third kappa shape index (κ3) is 2.83. The molecule has 1 aliphatic carbocycles. The Labute approximate surface area is 127 Å². The van der Waals surface area contributed by atoms with Crippen molar-refractivity contribution in [1.29, 1.82) is 0 Å². The van der Waals surface area contributed by atoms with Crippen LogP contribution in [0.1, 0.15) is 49.5 Å². The van der Waals surface area contributed by atoms with Gasteiger partial charge in [0.1, 0.15) is 11.6 Å². The molecule has 0 amide bonds. The number of anilines is 1. The average molecular weight is 360 g/mol. The number of nitrogens with one attached hydrogen (secondary N) is 1. The Kier molecular flexibility index (Phi) is 3.75. The molecule has 0 spiro atoms. The highest BCUT2D eigenvalue weighted by molar-refractivity contribution is 9.10. The molecule has 0 bridgehead atoms. The van der Waals surface area contributed by atoms with Gasteiger partial charge in [0.15, 0.2) is 9.84 Å². The van der Waals surface area contributed by atoms with Crippen molar-refractivity contribution in [2.24, 2.45) is 0 Å². The Morgan fingerprint density at radius 3 is 2.55 bits per heavy atom. The molecule has 1 N–H and O–H groups in total. The predicted molar refractivity (Wildman–Crippen MR) is 81.9 cm³/mol. The summed E-state index contributed by atoms with van der Waals surface area (Å²) in [4.78, 5) is 9.21. The van der Waals surface area contributed by atoms with Gasteiger partial charge in [-0.1, -0.05) is 0 Å². The monoisotopic (exact) mass is 359 g/mol. The van der Waals surface area contributed by atoms with Crippen LogP contribution in [0.15, 0.2) is 4.47 Å². The summed E-state index contributed by atoms with van der Waals surface area (Å²) in [5, 5.41) is 3.24. The van der Waals surface area contributed by atoms with E-state index < -0.39 is 9.84 Å². The fraction of sp³-hybridized carbons (Fsp3) is 0.692. The first-order valence-corrected chi connectivity index (χ1v) is 9.63. The lowest BCUT2D eigenvalue weighted by atomic mass is 10.1. The van der Waals surface area contributed by atoms with Crippen LogP contribution < -0.4 is 5.32 Å². The van der Waals surface area contributed by atoms with Crippen LogP contribution in [0.2, 0.25) is 0 Å². The molecule has 1 saturated carbocycles. The van der Waals surface area contributed by atoms with Crippen molar-refractivity contribution < 1.29 is 8.42 Å². The van der Waals surface area contributed by atoms with Gasteiger partial charge in [0.25, 0.3) is 0 Å².